The summed E-state index contributed by atoms with van der Waals surface area (Å²) >= 11 is 0. The van der Waals surface area contributed by atoms with Crippen LogP contribution in [0.25, 0.3) is 0 Å². The fourth-order valence-electron chi connectivity index (χ4n) is 2.28. The molecule has 0 saturated heterocycles. The standard InChI is InChI=1S/C14H30O2S/c1-8-13(6,9-2)12(5)17(15,16)14(7,10-3)11-4/h12H,8-11H2,1-7H3. The molecule has 0 aromatic carbocycles. The SMILES string of the molecule is CCC(C)(CC)C(C)S(=O)(=O)C(C)(CC)CC. The van der Waals surface area contributed by atoms with Gasteiger partial charge in [-0.3, -0.25) is 0 Å². The highest BCUT2D eigenvalue weighted by atomic mass is 32.2. The summed E-state index contributed by atoms with van der Waals surface area (Å²) in [6.45, 7) is 14.0. The average Bonchev–Trinajstić information content (AvgIpc) is 2.35. The van der Waals surface area contributed by atoms with E-state index in [1.54, 1.807) is 0 Å². The number of hydrogen-bond acceptors (Lipinski definition) is 2. The molecule has 0 rings (SSSR count). The zero-order chi connectivity index (χ0) is 13.9. The summed E-state index contributed by atoms with van der Waals surface area (Å²) < 4.78 is 25.0. The highest BCUT2D eigenvalue weighted by Crippen LogP contribution is 2.40. The molecule has 2 nitrogen and oxygen atoms in total. The van der Waals surface area contributed by atoms with Gasteiger partial charge in [-0.05, 0) is 44.9 Å². The Bertz CT molecular complexity index is 322. The molecule has 0 fully saturated rings. The zero-order valence-electron chi connectivity index (χ0n) is 12.6. The van der Waals surface area contributed by atoms with Gasteiger partial charge in [-0.1, -0.05) is 34.6 Å². The molecule has 1 unspecified atom stereocenters. The van der Waals surface area contributed by atoms with Gasteiger partial charge in [0.25, 0.3) is 0 Å². The van der Waals surface area contributed by atoms with E-state index in [0.717, 1.165) is 12.8 Å². The van der Waals surface area contributed by atoms with E-state index in [1.165, 1.54) is 0 Å². The smallest absolute Gasteiger partial charge is 0.158 e. The Labute approximate surface area is 108 Å². The molecule has 17 heavy (non-hydrogen) atoms. The van der Waals surface area contributed by atoms with E-state index in [-0.39, 0.29) is 10.7 Å². The molecule has 0 amide bonds. The lowest BCUT2D eigenvalue weighted by molar-refractivity contribution is 0.282. The summed E-state index contributed by atoms with van der Waals surface area (Å²) in [6.07, 6.45) is 3.21. The molecule has 0 radical (unpaired) electrons. The van der Waals surface area contributed by atoms with Crippen molar-refractivity contribution in [3.8, 4) is 0 Å². The first kappa shape index (κ1) is 16.9. The van der Waals surface area contributed by atoms with Gasteiger partial charge in [-0.25, -0.2) is 8.42 Å². The van der Waals surface area contributed by atoms with Crippen molar-refractivity contribution >= 4 is 9.84 Å². The number of rotatable bonds is 7. The molecule has 0 aliphatic heterocycles. The first-order valence-electron chi connectivity index (χ1n) is 6.88. The monoisotopic (exact) mass is 262 g/mol. The molecule has 104 valence electrons. The molecular weight excluding hydrogens is 232 g/mol. The molecule has 0 aromatic heterocycles. The molecule has 1 atom stereocenters. The predicted octanol–water partition coefficient (Wildman–Crippen LogP) is 4.19. The lowest BCUT2D eigenvalue weighted by Crippen LogP contribution is -2.46. The largest absolute Gasteiger partial charge is 0.228 e. The van der Waals surface area contributed by atoms with Crippen LogP contribution >= 0.6 is 0 Å². The van der Waals surface area contributed by atoms with E-state index in [0.29, 0.717) is 12.8 Å². The van der Waals surface area contributed by atoms with Crippen molar-refractivity contribution in [2.75, 3.05) is 0 Å². The maximum atomic E-state index is 12.8. The van der Waals surface area contributed by atoms with Crippen molar-refractivity contribution in [2.24, 2.45) is 5.41 Å². The summed E-state index contributed by atoms with van der Waals surface area (Å²) in [5, 5.41) is -0.269. The third-order valence-corrected chi connectivity index (χ3v) is 8.70. The van der Waals surface area contributed by atoms with Gasteiger partial charge in [0, 0.05) is 0 Å². The number of hydrogen-bond donors (Lipinski definition) is 0. The minimum Gasteiger partial charge on any atom is -0.228 e. The average molecular weight is 262 g/mol. The van der Waals surface area contributed by atoms with E-state index in [9.17, 15) is 8.42 Å². The van der Waals surface area contributed by atoms with Gasteiger partial charge in [0.05, 0.1) is 10.00 Å². The van der Waals surface area contributed by atoms with Crippen LogP contribution in [-0.4, -0.2) is 18.4 Å². The second kappa shape index (κ2) is 5.73. The van der Waals surface area contributed by atoms with Gasteiger partial charge >= 0.3 is 0 Å². The van der Waals surface area contributed by atoms with Crippen molar-refractivity contribution in [1.82, 2.24) is 0 Å². The van der Waals surface area contributed by atoms with E-state index < -0.39 is 14.6 Å². The third-order valence-electron chi connectivity index (χ3n) is 5.24. The lowest BCUT2D eigenvalue weighted by Gasteiger charge is -2.39. The topological polar surface area (TPSA) is 34.1 Å². The van der Waals surface area contributed by atoms with Crippen LogP contribution in [0.5, 0.6) is 0 Å². The van der Waals surface area contributed by atoms with Crippen molar-refractivity contribution < 1.29 is 8.42 Å². The minimum atomic E-state index is -3.08. The van der Waals surface area contributed by atoms with Crippen LogP contribution in [0.4, 0.5) is 0 Å². The Morgan fingerprint density at radius 3 is 1.47 bits per heavy atom. The molecule has 3 heteroatoms. The summed E-state index contributed by atoms with van der Waals surface area (Å²) in [4.78, 5) is 0. The highest BCUT2D eigenvalue weighted by molar-refractivity contribution is 7.93. The molecule has 0 saturated carbocycles. The second-order valence-electron chi connectivity index (χ2n) is 5.71. The summed E-state index contributed by atoms with van der Waals surface area (Å²) in [5.41, 5.74) is -0.107. The minimum absolute atomic E-state index is 0.107. The van der Waals surface area contributed by atoms with E-state index in [2.05, 4.69) is 20.8 Å². The number of sulfone groups is 1. The van der Waals surface area contributed by atoms with Crippen LogP contribution in [0.3, 0.4) is 0 Å². The normalized spacial score (nSPS) is 15.9. The Kier molecular flexibility index (Phi) is 5.71. The third kappa shape index (κ3) is 2.86. The molecule has 0 aromatic rings. The Hall–Kier alpha value is -0.0500. The maximum Gasteiger partial charge on any atom is 0.158 e. The van der Waals surface area contributed by atoms with Gasteiger partial charge < -0.3 is 0 Å². The molecule has 0 bridgehead atoms. The van der Waals surface area contributed by atoms with Crippen LogP contribution in [0.2, 0.25) is 0 Å². The quantitative estimate of drug-likeness (QED) is 0.689. The first-order chi connectivity index (χ1) is 7.65. The van der Waals surface area contributed by atoms with Crippen LogP contribution < -0.4 is 0 Å². The van der Waals surface area contributed by atoms with E-state index in [1.807, 2.05) is 27.7 Å². The molecular formula is C14H30O2S. The Morgan fingerprint density at radius 1 is 0.882 bits per heavy atom. The first-order valence-corrected chi connectivity index (χ1v) is 8.43. The van der Waals surface area contributed by atoms with E-state index >= 15 is 0 Å². The second-order valence-corrected chi connectivity index (χ2v) is 8.49. The van der Waals surface area contributed by atoms with Gasteiger partial charge in [-0.2, -0.15) is 0 Å². The molecule has 0 heterocycles. The lowest BCUT2D eigenvalue weighted by atomic mass is 9.82. The van der Waals surface area contributed by atoms with Gasteiger partial charge in [0.2, 0.25) is 0 Å². The van der Waals surface area contributed by atoms with Crippen LogP contribution in [0.1, 0.15) is 74.1 Å². The zero-order valence-corrected chi connectivity index (χ0v) is 13.4. The predicted molar refractivity (Wildman–Crippen MR) is 76.1 cm³/mol. The van der Waals surface area contributed by atoms with Gasteiger partial charge in [0.1, 0.15) is 0 Å². The molecule has 0 aliphatic rings. The van der Waals surface area contributed by atoms with Crippen molar-refractivity contribution in [1.29, 1.82) is 0 Å². The maximum absolute atomic E-state index is 12.8. The van der Waals surface area contributed by atoms with Crippen LogP contribution in [-0.2, 0) is 9.84 Å². The van der Waals surface area contributed by atoms with Gasteiger partial charge in [0.15, 0.2) is 9.84 Å². The van der Waals surface area contributed by atoms with Gasteiger partial charge in [-0.15, -0.1) is 0 Å². The summed E-state index contributed by atoms with van der Waals surface area (Å²) in [5.74, 6) is 0. The fraction of sp³-hybridized carbons (Fsp3) is 1.00. The van der Waals surface area contributed by atoms with Crippen molar-refractivity contribution in [3.05, 3.63) is 0 Å². The van der Waals surface area contributed by atoms with Crippen LogP contribution in [0.15, 0.2) is 0 Å². The fourth-order valence-corrected chi connectivity index (χ4v) is 5.02. The Balaban J connectivity index is 5.48. The molecule has 0 N–H and O–H groups in total. The Morgan fingerprint density at radius 2 is 1.24 bits per heavy atom. The highest BCUT2D eigenvalue weighted by Gasteiger charge is 2.45. The summed E-state index contributed by atoms with van der Waals surface area (Å²) in [7, 11) is -3.08. The van der Waals surface area contributed by atoms with Crippen LogP contribution in [0, 0.1) is 5.41 Å². The van der Waals surface area contributed by atoms with E-state index in [4.69, 9.17) is 0 Å². The van der Waals surface area contributed by atoms with Crippen molar-refractivity contribution in [2.45, 2.75) is 84.1 Å². The molecule has 0 aliphatic carbocycles. The summed E-state index contributed by atoms with van der Waals surface area (Å²) in [6, 6.07) is 0. The molecule has 0 spiro atoms. The van der Waals surface area contributed by atoms with Crippen molar-refractivity contribution in [3.63, 3.8) is 0 Å².